The fourth-order valence-electron chi connectivity index (χ4n) is 12.2. The maximum Gasteiger partial charge on any atom is 0.293 e. The number of nitro benzene ring substituents is 1. The molecule has 6 aromatic rings. The molecule has 446 valence electrons. The van der Waals surface area contributed by atoms with Gasteiger partial charge in [-0.05, 0) is 154 Å². The van der Waals surface area contributed by atoms with E-state index in [2.05, 4.69) is 77.8 Å². The molecule has 0 bridgehead atoms. The molecular weight excluding hydrogens is 1140 g/mol. The lowest BCUT2D eigenvalue weighted by atomic mass is 9.72. The minimum Gasteiger partial charge on any atom is -0.455 e. The maximum atomic E-state index is 14.2. The molecule has 11 rings (SSSR count). The Bertz CT molecular complexity index is 3880. The van der Waals surface area contributed by atoms with Gasteiger partial charge in [-0.25, -0.2) is 18.1 Å². The summed E-state index contributed by atoms with van der Waals surface area (Å²) < 4.78 is 36.5. The third-order valence-electron chi connectivity index (χ3n) is 16.9. The molecule has 5 amide bonds. The van der Waals surface area contributed by atoms with Gasteiger partial charge < -0.3 is 24.8 Å². The zero-order valence-corrected chi connectivity index (χ0v) is 49.5. The summed E-state index contributed by atoms with van der Waals surface area (Å²) in [7, 11) is -4.65. The van der Waals surface area contributed by atoms with Crippen molar-refractivity contribution in [2.75, 3.05) is 69.1 Å². The SMILES string of the molecule is CC1(C)CCC(CN2CCN(c3ccc(C(=O)NS(=O)(=O)c4ccc(NCC5CCCN(CCCCC#Cc6ccc7c(c6)C(=O)N(C6CCC(=O)NC6=O)C7=O)C5)c([N+](=O)[O-])c4)c(Oc4cnc5[nH]ccc5c4)c3)CC2)=C(c2ccc(Cl)cc2)C1. The molecule has 2 atom stereocenters. The number of piperidine rings is 2. The normalized spacial score (nSPS) is 19.2. The van der Waals surface area contributed by atoms with Crippen LogP contribution >= 0.6 is 11.6 Å². The number of carbonyl (C=O) groups excluding carboxylic acids is 5. The lowest BCUT2D eigenvalue weighted by Crippen LogP contribution is -2.54. The van der Waals surface area contributed by atoms with Crippen molar-refractivity contribution >= 4 is 84.8 Å². The van der Waals surface area contributed by atoms with Crippen LogP contribution in [0.4, 0.5) is 17.1 Å². The Balaban J connectivity index is 0.693. The molecule has 22 heteroatoms. The first-order valence-corrected chi connectivity index (χ1v) is 31.1. The van der Waals surface area contributed by atoms with Gasteiger partial charge in [0.05, 0.1) is 32.7 Å². The second-order valence-corrected chi connectivity index (χ2v) is 25.7. The van der Waals surface area contributed by atoms with Crippen LogP contribution in [-0.4, -0.2) is 132 Å². The average molecular weight is 1200 g/mol. The molecule has 2 aromatic heterocycles. The smallest absolute Gasteiger partial charge is 0.293 e. The second-order valence-electron chi connectivity index (χ2n) is 23.6. The molecule has 3 saturated heterocycles. The van der Waals surface area contributed by atoms with Gasteiger partial charge in [-0.2, -0.15) is 0 Å². The highest BCUT2D eigenvalue weighted by Crippen LogP contribution is 2.44. The number of H-pyrrole nitrogens is 1. The van der Waals surface area contributed by atoms with E-state index in [0.717, 1.165) is 106 Å². The van der Waals surface area contributed by atoms with Gasteiger partial charge in [0, 0.05) is 98.6 Å². The Morgan fingerprint density at radius 2 is 1.70 bits per heavy atom. The van der Waals surface area contributed by atoms with Crippen LogP contribution in [-0.2, 0) is 19.6 Å². The number of imide groups is 2. The van der Waals surface area contributed by atoms with Crippen LogP contribution in [0.1, 0.15) is 120 Å². The molecule has 5 aliphatic rings. The summed E-state index contributed by atoms with van der Waals surface area (Å²) in [6, 6.07) is 24.1. The summed E-state index contributed by atoms with van der Waals surface area (Å²) in [5, 5.41) is 19.4. The molecule has 20 nitrogen and oxygen atoms in total. The van der Waals surface area contributed by atoms with Crippen molar-refractivity contribution in [1.82, 2.24) is 34.7 Å². The number of fused-ring (bicyclic) bond motifs is 2. The first-order chi connectivity index (χ1) is 41.3. The van der Waals surface area contributed by atoms with Gasteiger partial charge in [0.15, 0.2) is 0 Å². The van der Waals surface area contributed by atoms with E-state index in [9.17, 15) is 42.5 Å². The summed E-state index contributed by atoms with van der Waals surface area (Å²) in [6.45, 7) is 11.4. The number of aromatic amines is 1. The van der Waals surface area contributed by atoms with E-state index in [4.69, 9.17) is 16.3 Å². The molecule has 86 heavy (non-hydrogen) atoms. The molecule has 4 aliphatic heterocycles. The second kappa shape index (κ2) is 25.3. The number of pyridine rings is 1. The first kappa shape index (κ1) is 59.3. The number of hydrogen-bond donors (Lipinski definition) is 4. The first-order valence-electron chi connectivity index (χ1n) is 29.2. The largest absolute Gasteiger partial charge is 0.455 e. The quantitative estimate of drug-likeness (QED) is 0.0206. The lowest BCUT2D eigenvalue weighted by molar-refractivity contribution is -0.384. The molecular formula is C64H67ClN10O10S. The number of benzene rings is 4. The average Bonchev–Trinajstić information content (AvgIpc) is 1.79. The van der Waals surface area contributed by atoms with Gasteiger partial charge in [0.1, 0.15) is 28.9 Å². The van der Waals surface area contributed by atoms with Crippen molar-refractivity contribution in [3.8, 4) is 23.3 Å². The number of carbonyl (C=O) groups is 5. The van der Waals surface area contributed by atoms with Crippen LogP contribution in [0.5, 0.6) is 11.5 Å². The summed E-state index contributed by atoms with van der Waals surface area (Å²) in [5.74, 6) is 3.60. The predicted octanol–water partition coefficient (Wildman–Crippen LogP) is 9.57. The predicted molar refractivity (Wildman–Crippen MR) is 327 cm³/mol. The number of nitrogens with one attached hydrogen (secondary N) is 4. The minimum atomic E-state index is -4.65. The number of nitrogens with zero attached hydrogens (tertiary/aromatic N) is 6. The number of halogens is 1. The van der Waals surface area contributed by atoms with Gasteiger partial charge in [0.2, 0.25) is 11.8 Å². The van der Waals surface area contributed by atoms with Crippen molar-refractivity contribution in [1.29, 1.82) is 0 Å². The fourth-order valence-corrected chi connectivity index (χ4v) is 13.3. The van der Waals surface area contributed by atoms with Gasteiger partial charge >= 0.3 is 0 Å². The Morgan fingerprint density at radius 1 is 0.895 bits per heavy atom. The van der Waals surface area contributed by atoms with E-state index in [0.29, 0.717) is 48.0 Å². The zero-order chi connectivity index (χ0) is 60.3. The Hall–Kier alpha value is -8.42. The van der Waals surface area contributed by atoms with E-state index in [1.165, 1.54) is 41.1 Å². The molecule has 6 heterocycles. The van der Waals surface area contributed by atoms with E-state index in [1.54, 1.807) is 42.6 Å². The number of allylic oxidation sites excluding steroid dienone is 1. The van der Waals surface area contributed by atoms with Crippen LogP contribution in [0, 0.1) is 33.3 Å². The highest BCUT2D eigenvalue weighted by molar-refractivity contribution is 7.90. The Labute approximate surface area is 503 Å². The van der Waals surface area contributed by atoms with Crippen LogP contribution in [0.3, 0.4) is 0 Å². The summed E-state index contributed by atoms with van der Waals surface area (Å²) in [6.07, 6.45) is 10.6. The molecule has 0 saturated carbocycles. The molecule has 3 fully saturated rings. The number of hydrogen-bond acceptors (Lipinski definition) is 15. The third kappa shape index (κ3) is 13.5. The molecule has 2 unspecified atom stereocenters. The number of unbranched alkanes of at least 4 members (excludes halogenated alkanes) is 2. The number of aromatic nitrogens is 2. The van der Waals surface area contributed by atoms with Gasteiger partial charge in [0.25, 0.3) is 33.4 Å². The van der Waals surface area contributed by atoms with Crippen molar-refractivity contribution in [2.24, 2.45) is 11.3 Å². The number of sulfonamides is 1. The van der Waals surface area contributed by atoms with Crippen molar-refractivity contribution in [3.05, 3.63) is 152 Å². The molecule has 4 aromatic carbocycles. The van der Waals surface area contributed by atoms with Crippen molar-refractivity contribution < 1.29 is 42.1 Å². The van der Waals surface area contributed by atoms with Crippen LogP contribution in [0.15, 0.2) is 114 Å². The monoisotopic (exact) mass is 1200 g/mol. The molecule has 0 radical (unpaired) electrons. The van der Waals surface area contributed by atoms with Gasteiger partial charge in [-0.3, -0.25) is 49.2 Å². The fraction of sp³-hybridized carbons (Fsp3) is 0.375. The van der Waals surface area contributed by atoms with Crippen LogP contribution in [0.25, 0.3) is 16.6 Å². The number of piperazine rings is 1. The van der Waals surface area contributed by atoms with Gasteiger partial charge in [-0.1, -0.05) is 55.0 Å². The highest BCUT2D eigenvalue weighted by Gasteiger charge is 2.45. The van der Waals surface area contributed by atoms with E-state index < -0.39 is 61.1 Å². The number of likely N-dealkylation sites (tertiary alicyclic amines) is 1. The van der Waals surface area contributed by atoms with Crippen molar-refractivity contribution in [3.63, 3.8) is 0 Å². The number of ether oxygens (including phenoxy) is 1. The maximum absolute atomic E-state index is 14.2. The number of nitro groups is 1. The summed E-state index contributed by atoms with van der Waals surface area (Å²) >= 11 is 6.27. The van der Waals surface area contributed by atoms with E-state index >= 15 is 0 Å². The number of rotatable bonds is 18. The minimum absolute atomic E-state index is 0.0409. The zero-order valence-electron chi connectivity index (χ0n) is 48.0. The molecule has 1 aliphatic carbocycles. The molecule has 0 spiro atoms. The van der Waals surface area contributed by atoms with Gasteiger partial charge in [-0.15, -0.1) is 0 Å². The van der Waals surface area contributed by atoms with Crippen molar-refractivity contribution in [2.45, 2.75) is 89.0 Å². The lowest BCUT2D eigenvalue weighted by Gasteiger charge is -2.39. The van der Waals surface area contributed by atoms with Crippen LogP contribution < -0.4 is 25.0 Å². The van der Waals surface area contributed by atoms with E-state index in [1.807, 2.05) is 18.2 Å². The number of amides is 5. The Kier molecular flexibility index (Phi) is 17.4. The summed E-state index contributed by atoms with van der Waals surface area (Å²) in [4.78, 5) is 91.4. The standard InChI is InChI=1S/C64H67ClN10O10S/c1-64(2)24-22-45(53(36-64)43-11-13-46(65)14-12-43)40-72-28-30-73(31-29-72)47-15-18-51(57(34-47)85-48-33-44-23-25-66-59(44)68-38-48)60(77)70-86(83,84)49-16-19-54(56(35-49)75(81)82)67-37-42-9-7-27-71(39-42)26-6-4-3-5-8-41-10-17-50-52(32-41)63(80)74(62(50)79)55-20-21-58(76)69-61(55)78/h10-19,23,25,32-35,38,42,55,67H,3-4,6-7,9,20-22,24,26-31,36-37,39-40H2,1-2H3,(H,66,68)(H,70,77)(H,69,76,78). The number of anilines is 2. The summed E-state index contributed by atoms with van der Waals surface area (Å²) in [5.41, 5.74) is 6.27. The third-order valence-corrected chi connectivity index (χ3v) is 18.5. The highest BCUT2D eigenvalue weighted by atomic mass is 35.5. The topological polar surface area (TPSA) is 250 Å². The Morgan fingerprint density at radius 3 is 2.49 bits per heavy atom. The van der Waals surface area contributed by atoms with Crippen LogP contribution in [0.2, 0.25) is 5.02 Å². The molecule has 4 N–H and O–H groups in total. The van der Waals surface area contributed by atoms with E-state index in [-0.39, 0.29) is 52.3 Å².